The molecule has 0 radical (unpaired) electrons. The zero-order valence-electron chi connectivity index (χ0n) is 8.62. The van der Waals surface area contributed by atoms with Crippen LogP contribution in [0.5, 0.6) is 0 Å². The number of hydrogen-bond donors (Lipinski definition) is 1. The first-order chi connectivity index (χ1) is 6.70. The van der Waals surface area contributed by atoms with Crippen LogP contribution in [0.3, 0.4) is 0 Å². The van der Waals surface area contributed by atoms with E-state index in [1.54, 1.807) is 11.3 Å². The Kier molecular flexibility index (Phi) is 2.91. The van der Waals surface area contributed by atoms with E-state index in [2.05, 4.69) is 19.2 Å². The Labute approximate surface area is 88.5 Å². The molecule has 1 saturated heterocycles. The van der Waals surface area contributed by atoms with Gasteiger partial charge in [0.2, 0.25) is 0 Å². The molecule has 0 aromatic carbocycles. The molecule has 3 heteroatoms. The fraction of sp³-hybridized carbons (Fsp3) is 0.636. The SMILES string of the molecule is Cc1scc(C(O)C2CCOC2)c1C. The molecule has 1 aliphatic rings. The summed E-state index contributed by atoms with van der Waals surface area (Å²) in [5.74, 6) is 0.294. The van der Waals surface area contributed by atoms with Crippen molar-refractivity contribution in [3.63, 3.8) is 0 Å². The molecule has 0 amide bonds. The average Bonchev–Trinajstić information content (AvgIpc) is 2.77. The summed E-state index contributed by atoms with van der Waals surface area (Å²) >= 11 is 1.72. The summed E-state index contributed by atoms with van der Waals surface area (Å²) in [6.07, 6.45) is 0.651. The van der Waals surface area contributed by atoms with Crippen LogP contribution in [0.1, 0.15) is 28.5 Å². The molecule has 2 heterocycles. The van der Waals surface area contributed by atoms with Crippen molar-refractivity contribution in [1.29, 1.82) is 0 Å². The molecule has 1 N–H and O–H groups in total. The molecule has 78 valence electrons. The standard InChI is InChI=1S/C11H16O2S/c1-7-8(2)14-6-10(7)11(12)9-3-4-13-5-9/h6,9,11-12H,3-5H2,1-2H3. The highest BCUT2D eigenvalue weighted by Crippen LogP contribution is 2.33. The molecular formula is C11H16O2S. The molecule has 1 aliphatic heterocycles. The lowest BCUT2D eigenvalue weighted by molar-refractivity contribution is 0.0916. The highest BCUT2D eigenvalue weighted by molar-refractivity contribution is 7.10. The minimum atomic E-state index is -0.331. The highest BCUT2D eigenvalue weighted by Gasteiger charge is 2.27. The predicted molar refractivity (Wildman–Crippen MR) is 57.7 cm³/mol. The van der Waals surface area contributed by atoms with Gasteiger partial charge >= 0.3 is 0 Å². The van der Waals surface area contributed by atoms with Gasteiger partial charge in [0.1, 0.15) is 0 Å². The fourth-order valence-electron chi connectivity index (χ4n) is 1.88. The number of aliphatic hydroxyl groups is 1. The second kappa shape index (κ2) is 4.01. The minimum Gasteiger partial charge on any atom is -0.388 e. The molecule has 2 atom stereocenters. The van der Waals surface area contributed by atoms with Crippen molar-refractivity contribution >= 4 is 11.3 Å². The van der Waals surface area contributed by atoms with Crippen molar-refractivity contribution in [2.45, 2.75) is 26.4 Å². The first-order valence-electron chi connectivity index (χ1n) is 5.00. The quantitative estimate of drug-likeness (QED) is 0.816. The average molecular weight is 212 g/mol. The summed E-state index contributed by atoms with van der Waals surface area (Å²) in [6.45, 7) is 5.68. The maximum absolute atomic E-state index is 10.1. The summed E-state index contributed by atoms with van der Waals surface area (Å²) in [5, 5.41) is 12.2. The van der Waals surface area contributed by atoms with E-state index in [0.29, 0.717) is 12.5 Å². The molecule has 0 aliphatic carbocycles. The number of aliphatic hydroxyl groups excluding tert-OH is 1. The smallest absolute Gasteiger partial charge is 0.0851 e. The summed E-state index contributed by atoms with van der Waals surface area (Å²) in [5.41, 5.74) is 2.34. The van der Waals surface area contributed by atoms with Crippen molar-refractivity contribution < 1.29 is 9.84 Å². The van der Waals surface area contributed by atoms with Gasteiger partial charge in [0.05, 0.1) is 12.7 Å². The zero-order valence-corrected chi connectivity index (χ0v) is 9.43. The van der Waals surface area contributed by atoms with E-state index in [9.17, 15) is 5.11 Å². The summed E-state index contributed by atoms with van der Waals surface area (Å²) in [4.78, 5) is 1.30. The van der Waals surface area contributed by atoms with Crippen molar-refractivity contribution in [1.82, 2.24) is 0 Å². The van der Waals surface area contributed by atoms with Crippen LogP contribution in [-0.4, -0.2) is 18.3 Å². The Morgan fingerprint density at radius 3 is 2.86 bits per heavy atom. The third-order valence-corrected chi connectivity index (χ3v) is 4.09. The van der Waals surface area contributed by atoms with E-state index >= 15 is 0 Å². The van der Waals surface area contributed by atoms with Crippen LogP contribution < -0.4 is 0 Å². The minimum absolute atomic E-state index is 0.294. The maximum Gasteiger partial charge on any atom is 0.0851 e. The van der Waals surface area contributed by atoms with E-state index in [1.165, 1.54) is 10.4 Å². The van der Waals surface area contributed by atoms with E-state index in [-0.39, 0.29) is 6.10 Å². The highest BCUT2D eigenvalue weighted by atomic mass is 32.1. The van der Waals surface area contributed by atoms with Crippen LogP contribution in [-0.2, 0) is 4.74 Å². The van der Waals surface area contributed by atoms with Crippen molar-refractivity contribution in [3.8, 4) is 0 Å². The van der Waals surface area contributed by atoms with Crippen LogP contribution in [0, 0.1) is 19.8 Å². The van der Waals surface area contributed by atoms with Gasteiger partial charge in [-0.25, -0.2) is 0 Å². The number of thiophene rings is 1. The van der Waals surface area contributed by atoms with Crippen molar-refractivity contribution in [3.05, 3.63) is 21.4 Å². The first kappa shape index (κ1) is 10.1. The Hall–Kier alpha value is -0.380. The Morgan fingerprint density at radius 1 is 1.57 bits per heavy atom. The molecular weight excluding hydrogens is 196 g/mol. The molecule has 14 heavy (non-hydrogen) atoms. The topological polar surface area (TPSA) is 29.5 Å². The Bertz CT molecular complexity index is 313. The first-order valence-corrected chi connectivity index (χ1v) is 5.88. The predicted octanol–water partition coefficient (Wildman–Crippen LogP) is 2.43. The maximum atomic E-state index is 10.1. The van der Waals surface area contributed by atoms with E-state index in [0.717, 1.165) is 18.6 Å². The molecule has 2 unspecified atom stereocenters. The second-order valence-corrected chi connectivity index (χ2v) is 5.02. The molecule has 1 aromatic heterocycles. The number of hydrogen-bond acceptors (Lipinski definition) is 3. The largest absolute Gasteiger partial charge is 0.388 e. The van der Waals surface area contributed by atoms with Gasteiger partial charge < -0.3 is 9.84 Å². The van der Waals surface area contributed by atoms with E-state index in [4.69, 9.17) is 4.74 Å². The van der Waals surface area contributed by atoms with Gasteiger partial charge in [0.25, 0.3) is 0 Å². The van der Waals surface area contributed by atoms with Gasteiger partial charge in [-0.15, -0.1) is 11.3 Å². The second-order valence-electron chi connectivity index (χ2n) is 3.94. The zero-order chi connectivity index (χ0) is 10.1. The van der Waals surface area contributed by atoms with Crippen LogP contribution in [0.15, 0.2) is 5.38 Å². The molecule has 1 fully saturated rings. The van der Waals surface area contributed by atoms with Gasteiger partial charge in [-0.1, -0.05) is 0 Å². The monoisotopic (exact) mass is 212 g/mol. The van der Waals surface area contributed by atoms with Crippen molar-refractivity contribution in [2.75, 3.05) is 13.2 Å². The molecule has 0 saturated carbocycles. The molecule has 1 aromatic rings. The van der Waals surface area contributed by atoms with Crippen LogP contribution in [0.4, 0.5) is 0 Å². The van der Waals surface area contributed by atoms with Gasteiger partial charge in [-0.2, -0.15) is 0 Å². The Morgan fingerprint density at radius 2 is 2.36 bits per heavy atom. The lowest BCUT2D eigenvalue weighted by atomic mass is 9.94. The summed E-state index contributed by atoms with van der Waals surface area (Å²) < 4.78 is 5.29. The van der Waals surface area contributed by atoms with Crippen molar-refractivity contribution in [2.24, 2.45) is 5.92 Å². The van der Waals surface area contributed by atoms with Gasteiger partial charge in [0.15, 0.2) is 0 Å². The lowest BCUT2D eigenvalue weighted by Gasteiger charge is -2.16. The molecule has 2 rings (SSSR count). The van der Waals surface area contributed by atoms with Crippen LogP contribution in [0.25, 0.3) is 0 Å². The number of ether oxygens (including phenoxy) is 1. The third kappa shape index (κ3) is 1.72. The normalized spacial score (nSPS) is 24.1. The Balaban J connectivity index is 2.17. The van der Waals surface area contributed by atoms with Crippen LogP contribution in [0.2, 0.25) is 0 Å². The fourth-order valence-corrected chi connectivity index (χ4v) is 2.79. The molecule has 2 nitrogen and oxygen atoms in total. The molecule has 0 spiro atoms. The third-order valence-electron chi connectivity index (χ3n) is 3.05. The number of rotatable bonds is 2. The summed E-state index contributed by atoms with van der Waals surface area (Å²) in [7, 11) is 0. The number of aryl methyl sites for hydroxylation is 1. The van der Waals surface area contributed by atoms with E-state index in [1.807, 2.05) is 0 Å². The molecule has 0 bridgehead atoms. The van der Waals surface area contributed by atoms with Crippen LogP contribution >= 0.6 is 11.3 Å². The van der Waals surface area contributed by atoms with Gasteiger partial charge in [-0.05, 0) is 36.8 Å². The lowest BCUT2D eigenvalue weighted by Crippen LogP contribution is -2.12. The summed E-state index contributed by atoms with van der Waals surface area (Å²) in [6, 6.07) is 0. The van der Waals surface area contributed by atoms with Gasteiger partial charge in [0, 0.05) is 17.4 Å². The van der Waals surface area contributed by atoms with Gasteiger partial charge in [-0.3, -0.25) is 0 Å². The van der Waals surface area contributed by atoms with E-state index < -0.39 is 0 Å².